The van der Waals surface area contributed by atoms with Gasteiger partial charge in [-0.1, -0.05) is 13.8 Å². The monoisotopic (exact) mass is 185 g/mol. The molecule has 0 spiro atoms. The summed E-state index contributed by atoms with van der Waals surface area (Å²) in [6.45, 7) is 6.06. The quantitative estimate of drug-likeness (QED) is 0.606. The van der Waals surface area contributed by atoms with Gasteiger partial charge in [-0.3, -0.25) is 4.90 Å². The number of rotatable bonds is 1. The Morgan fingerprint density at radius 2 is 1.85 bits per heavy atom. The normalized spacial score (nSPS) is 43.2. The molecule has 0 amide bonds. The maximum atomic E-state index is 12.7. The fraction of sp³-hybridized carbons (Fsp3) is 1.00. The van der Waals surface area contributed by atoms with Gasteiger partial charge in [0.15, 0.2) is 0 Å². The van der Waals surface area contributed by atoms with Crippen molar-refractivity contribution < 1.29 is 4.39 Å². The molecule has 3 atom stereocenters. The lowest BCUT2D eigenvalue weighted by atomic mass is 9.78. The van der Waals surface area contributed by atoms with E-state index >= 15 is 0 Å². The van der Waals surface area contributed by atoms with E-state index in [2.05, 4.69) is 18.7 Å². The van der Waals surface area contributed by atoms with E-state index in [1.54, 1.807) is 0 Å². The van der Waals surface area contributed by atoms with Gasteiger partial charge < -0.3 is 0 Å². The average Bonchev–Trinajstić information content (AvgIpc) is 2.00. The van der Waals surface area contributed by atoms with Crippen LogP contribution in [0.15, 0.2) is 0 Å². The van der Waals surface area contributed by atoms with E-state index < -0.39 is 6.17 Å². The molecular formula is C11H20FN. The molecular weight excluding hydrogens is 165 g/mol. The predicted molar refractivity (Wildman–Crippen MR) is 52.4 cm³/mol. The Morgan fingerprint density at radius 3 is 2.38 bits per heavy atom. The van der Waals surface area contributed by atoms with Gasteiger partial charge in [0.2, 0.25) is 0 Å². The van der Waals surface area contributed by atoms with Crippen molar-refractivity contribution in [2.45, 2.75) is 45.3 Å². The molecule has 1 aliphatic heterocycles. The van der Waals surface area contributed by atoms with Crippen molar-refractivity contribution in [1.29, 1.82) is 0 Å². The molecule has 13 heavy (non-hydrogen) atoms. The summed E-state index contributed by atoms with van der Waals surface area (Å²) in [4.78, 5) is 2.33. The van der Waals surface area contributed by atoms with Crippen LogP contribution in [0.3, 0.4) is 0 Å². The Bertz CT molecular complexity index is 175. The first kappa shape index (κ1) is 9.45. The zero-order valence-corrected chi connectivity index (χ0v) is 8.67. The second kappa shape index (κ2) is 3.56. The highest BCUT2D eigenvalue weighted by Crippen LogP contribution is 2.34. The Hall–Kier alpha value is -0.110. The fourth-order valence-electron chi connectivity index (χ4n) is 2.92. The maximum Gasteiger partial charge on any atom is 0.125 e. The molecule has 1 saturated carbocycles. The molecule has 1 nitrogen and oxygen atoms in total. The molecule has 76 valence electrons. The van der Waals surface area contributed by atoms with Crippen molar-refractivity contribution in [2.24, 2.45) is 11.8 Å². The summed E-state index contributed by atoms with van der Waals surface area (Å²) in [6, 6.07) is 0.684. The van der Waals surface area contributed by atoms with Gasteiger partial charge in [-0.25, -0.2) is 4.39 Å². The first-order chi connectivity index (χ1) is 6.16. The van der Waals surface area contributed by atoms with Gasteiger partial charge in [-0.05, 0) is 31.1 Å². The minimum atomic E-state index is -0.536. The van der Waals surface area contributed by atoms with Crippen LogP contribution in [0.25, 0.3) is 0 Å². The third kappa shape index (κ3) is 1.88. The Morgan fingerprint density at radius 1 is 1.15 bits per heavy atom. The zero-order valence-electron chi connectivity index (χ0n) is 8.67. The number of hydrogen-bond donors (Lipinski definition) is 0. The number of hydrogen-bond acceptors (Lipinski definition) is 1. The molecule has 2 fully saturated rings. The zero-order chi connectivity index (χ0) is 9.42. The molecule has 0 N–H and O–H groups in total. The van der Waals surface area contributed by atoms with Crippen LogP contribution in [0.1, 0.15) is 33.1 Å². The van der Waals surface area contributed by atoms with Gasteiger partial charge in [0, 0.05) is 19.1 Å². The maximum absolute atomic E-state index is 12.7. The fourth-order valence-corrected chi connectivity index (χ4v) is 2.92. The SMILES string of the molecule is CC1CCC(N2CC(F)C2)C(C)C1. The van der Waals surface area contributed by atoms with Gasteiger partial charge >= 0.3 is 0 Å². The van der Waals surface area contributed by atoms with Crippen molar-refractivity contribution in [2.75, 3.05) is 13.1 Å². The predicted octanol–water partition coefficient (Wildman–Crippen LogP) is 2.46. The third-order valence-corrected chi connectivity index (χ3v) is 3.72. The molecule has 1 saturated heterocycles. The summed E-state index contributed by atoms with van der Waals surface area (Å²) in [5.41, 5.74) is 0. The number of alkyl halides is 1. The second-order valence-corrected chi connectivity index (χ2v) is 5.01. The van der Waals surface area contributed by atoms with Crippen LogP contribution in [0.2, 0.25) is 0 Å². The summed E-state index contributed by atoms with van der Waals surface area (Å²) < 4.78 is 12.7. The molecule has 2 heteroatoms. The first-order valence-corrected chi connectivity index (χ1v) is 5.55. The summed E-state index contributed by atoms with van der Waals surface area (Å²) in [6.07, 6.45) is 3.42. The lowest BCUT2D eigenvalue weighted by Crippen LogP contribution is -2.56. The van der Waals surface area contributed by atoms with Crippen LogP contribution in [0, 0.1) is 11.8 Å². The van der Waals surface area contributed by atoms with Crippen molar-refractivity contribution in [3.63, 3.8) is 0 Å². The largest absolute Gasteiger partial charge is 0.294 e. The highest BCUT2D eigenvalue weighted by Gasteiger charge is 2.37. The first-order valence-electron chi connectivity index (χ1n) is 5.55. The Kier molecular flexibility index (Phi) is 2.59. The molecule has 0 aromatic carbocycles. The van der Waals surface area contributed by atoms with Crippen LogP contribution in [0.5, 0.6) is 0 Å². The highest BCUT2D eigenvalue weighted by atomic mass is 19.1. The minimum absolute atomic E-state index is 0.536. The molecule has 0 aromatic rings. The van der Waals surface area contributed by atoms with Crippen molar-refractivity contribution in [1.82, 2.24) is 4.90 Å². The van der Waals surface area contributed by atoms with Crippen LogP contribution >= 0.6 is 0 Å². The molecule has 0 aromatic heterocycles. The van der Waals surface area contributed by atoms with E-state index in [4.69, 9.17) is 0 Å². The van der Waals surface area contributed by atoms with Gasteiger partial charge in [0.05, 0.1) is 0 Å². The van der Waals surface area contributed by atoms with Gasteiger partial charge in [-0.2, -0.15) is 0 Å². The Labute approximate surface area is 80.3 Å². The van der Waals surface area contributed by atoms with Crippen molar-refractivity contribution in [3.8, 4) is 0 Å². The highest BCUT2D eigenvalue weighted by molar-refractivity contribution is 4.90. The van der Waals surface area contributed by atoms with Crippen LogP contribution < -0.4 is 0 Å². The number of likely N-dealkylation sites (tertiary alicyclic amines) is 1. The topological polar surface area (TPSA) is 3.24 Å². The third-order valence-electron chi connectivity index (χ3n) is 3.72. The summed E-state index contributed by atoms with van der Waals surface area (Å²) in [7, 11) is 0. The summed E-state index contributed by atoms with van der Waals surface area (Å²) in [5, 5.41) is 0. The van der Waals surface area contributed by atoms with E-state index in [-0.39, 0.29) is 0 Å². The van der Waals surface area contributed by atoms with Crippen LogP contribution in [-0.4, -0.2) is 30.2 Å². The van der Waals surface area contributed by atoms with Crippen LogP contribution in [0.4, 0.5) is 4.39 Å². The second-order valence-electron chi connectivity index (χ2n) is 5.01. The standard InChI is InChI=1S/C11H20FN/c1-8-3-4-11(9(2)5-8)13-6-10(12)7-13/h8-11H,3-7H2,1-2H3. The molecule has 1 heterocycles. The number of halogens is 1. The molecule has 3 unspecified atom stereocenters. The molecule has 0 radical (unpaired) electrons. The smallest absolute Gasteiger partial charge is 0.125 e. The Balaban J connectivity index is 1.86. The molecule has 0 bridgehead atoms. The lowest BCUT2D eigenvalue weighted by molar-refractivity contribution is -0.0123. The van der Waals surface area contributed by atoms with Gasteiger partial charge in [-0.15, -0.1) is 0 Å². The van der Waals surface area contributed by atoms with E-state index in [9.17, 15) is 4.39 Å². The average molecular weight is 185 g/mol. The van der Waals surface area contributed by atoms with Gasteiger partial charge in [0.1, 0.15) is 6.17 Å². The van der Waals surface area contributed by atoms with Crippen LogP contribution in [-0.2, 0) is 0 Å². The van der Waals surface area contributed by atoms with E-state index in [0.717, 1.165) is 11.8 Å². The molecule has 2 rings (SSSR count). The van der Waals surface area contributed by atoms with E-state index in [0.29, 0.717) is 19.1 Å². The molecule has 1 aliphatic carbocycles. The van der Waals surface area contributed by atoms with Crippen molar-refractivity contribution >= 4 is 0 Å². The van der Waals surface area contributed by atoms with E-state index in [1.165, 1.54) is 19.3 Å². The van der Waals surface area contributed by atoms with E-state index in [1.807, 2.05) is 0 Å². The summed E-state index contributed by atoms with van der Waals surface area (Å²) >= 11 is 0. The molecule has 2 aliphatic rings. The van der Waals surface area contributed by atoms with Crippen molar-refractivity contribution in [3.05, 3.63) is 0 Å². The minimum Gasteiger partial charge on any atom is -0.294 e. The number of nitrogens with zero attached hydrogens (tertiary/aromatic N) is 1. The van der Waals surface area contributed by atoms with Gasteiger partial charge in [0.25, 0.3) is 0 Å². The lowest BCUT2D eigenvalue weighted by Gasteiger charge is -2.46. The summed E-state index contributed by atoms with van der Waals surface area (Å²) in [5.74, 6) is 1.66.